The number of nitrogens with zero attached hydrogens (tertiary/aromatic N) is 4. The van der Waals surface area contributed by atoms with Gasteiger partial charge in [-0.1, -0.05) is 6.92 Å². The van der Waals surface area contributed by atoms with Crippen LogP contribution in [0.5, 0.6) is 0 Å². The molecular weight excluding hydrogens is 411 g/mol. The molecule has 2 aliphatic rings. The van der Waals surface area contributed by atoms with Crippen LogP contribution in [0, 0.1) is 5.92 Å². The molecule has 1 saturated heterocycles. The zero-order chi connectivity index (χ0) is 22.4. The lowest BCUT2D eigenvalue weighted by atomic mass is 9.62. The van der Waals surface area contributed by atoms with Gasteiger partial charge in [-0.15, -0.1) is 5.10 Å². The van der Waals surface area contributed by atoms with Crippen molar-refractivity contribution in [3.63, 3.8) is 0 Å². The van der Waals surface area contributed by atoms with Crippen molar-refractivity contribution < 1.29 is 22.7 Å². The number of alkyl halides is 3. The minimum atomic E-state index is -4.60. The standard InChI is InChI=1S/C21H24F3N5O2/c1-12-8-15-11-20(10-12,13(2)31-3)29(15)19(30)27-14-4-5-17(21(22,23)24)16(9-14)18-25-6-7-26-28-18/h4-7,9,12-13,15H,8,10-11H2,1-3H3,(H,27,30)/t12-,13+,15+,20-/m1/s1. The number of halogens is 3. The summed E-state index contributed by atoms with van der Waals surface area (Å²) >= 11 is 0. The van der Waals surface area contributed by atoms with Gasteiger partial charge in [0.1, 0.15) is 0 Å². The molecule has 1 aliphatic carbocycles. The van der Waals surface area contributed by atoms with Crippen molar-refractivity contribution >= 4 is 11.7 Å². The van der Waals surface area contributed by atoms with Crippen LogP contribution >= 0.6 is 0 Å². The molecule has 31 heavy (non-hydrogen) atoms. The smallest absolute Gasteiger partial charge is 0.379 e. The summed E-state index contributed by atoms with van der Waals surface area (Å²) in [7, 11) is 1.62. The molecule has 0 radical (unpaired) electrons. The summed E-state index contributed by atoms with van der Waals surface area (Å²) in [6.07, 6.45) is 0.390. The van der Waals surface area contributed by atoms with Gasteiger partial charge in [-0.25, -0.2) is 9.78 Å². The fourth-order valence-corrected chi connectivity index (χ4v) is 5.09. The lowest BCUT2D eigenvalue weighted by Gasteiger charge is -2.65. The van der Waals surface area contributed by atoms with E-state index in [9.17, 15) is 18.0 Å². The van der Waals surface area contributed by atoms with Crippen molar-refractivity contribution in [3.8, 4) is 11.4 Å². The highest BCUT2D eigenvalue weighted by molar-refractivity contribution is 5.92. The molecule has 10 heteroatoms. The maximum absolute atomic E-state index is 13.5. The average molecular weight is 435 g/mol. The highest BCUT2D eigenvalue weighted by Crippen LogP contribution is 2.52. The number of aromatic nitrogens is 3. The first-order valence-electron chi connectivity index (χ1n) is 10.1. The van der Waals surface area contributed by atoms with E-state index in [0.717, 1.165) is 25.3 Å². The quantitative estimate of drug-likeness (QED) is 0.772. The van der Waals surface area contributed by atoms with E-state index in [-0.39, 0.29) is 35.3 Å². The van der Waals surface area contributed by atoms with Gasteiger partial charge >= 0.3 is 12.2 Å². The molecule has 1 aliphatic heterocycles. The average Bonchev–Trinajstić information content (AvgIpc) is 2.72. The lowest BCUT2D eigenvalue weighted by Crippen LogP contribution is -2.76. The summed E-state index contributed by atoms with van der Waals surface area (Å²) in [5.41, 5.74) is -1.30. The number of amides is 2. The van der Waals surface area contributed by atoms with Gasteiger partial charge in [-0.05, 0) is 50.3 Å². The summed E-state index contributed by atoms with van der Waals surface area (Å²) in [6, 6.07) is 3.16. The number of rotatable bonds is 4. The summed E-state index contributed by atoms with van der Waals surface area (Å²) in [5.74, 6) is 0.311. The lowest BCUT2D eigenvalue weighted by molar-refractivity contribution is -0.155. The summed E-state index contributed by atoms with van der Waals surface area (Å²) in [6.45, 7) is 4.11. The molecular formula is C21H24F3N5O2. The van der Waals surface area contributed by atoms with Crippen LogP contribution in [-0.2, 0) is 10.9 Å². The SMILES string of the molecule is CO[C@@H](C)[C@@]12C[C@H](C)C[C@@H](C1)N2C(=O)Nc1ccc(C(F)(F)F)c(-c2nccnn2)c1. The van der Waals surface area contributed by atoms with Gasteiger partial charge in [0.15, 0.2) is 5.82 Å². The Bertz CT molecular complexity index is 971. The third kappa shape index (κ3) is 3.73. The van der Waals surface area contributed by atoms with E-state index in [0.29, 0.717) is 5.92 Å². The van der Waals surface area contributed by atoms with Gasteiger partial charge < -0.3 is 15.0 Å². The third-order valence-corrected chi connectivity index (χ3v) is 6.44. The van der Waals surface area contributed by atoms with Crippen LogP contribution in [0.3, 0.4) is 0 Å². The third-order valence-electron chi connectivity index (χ3n) is 6.44. The molecule has 0 unspecified atom stereocenters. The number of carbonyl (C=O) groups is 1. The van der Waals surface area contributed by atoms with E-state index in [2.05, 4.69) is 27.4 Å². The maximum atomic E-state index is 13.5. The van der Waals surface area contributed by atoms with Crippen LogP contribution in [0.1, 0.15) is 38.7 Å². The summed E-state index contributed by atoms with van der Waals surface area (Å²) in [4.78, 5) is 18.9. The summed E-state index contributed by atoms with van der Waals surface area (Å²) in [5, 5.41) is 10.1. The topological polar surface area (TPSA) is 80.2 Å². The predicted octanol–water partition coefficient (Wildman–Crippen LogP) is 4.37. The Morgan fingerprint density at radius 2 is 2.10 bits per heavy atom. The van der Waals surface area contributed by atoms with Gasteiger partial charge in [-0.3, -0.25) is 0 Å². The van der Waals surface area contributed by atoms with Crippen LogP contribution < -0.4 is 5.32 Å². The molecule has 2 amide bonds. The number of carbonyl (C=O) groups excluding carboxylic acids is 1. The van der Waals surface area contributed by atoms with Crippen molar-refractivity contribution in [3.05, 3.63) is 36.2 Å². The second-order valence-electron chi connectivity index (χ2n) is 8.41. The number of hydrogen-bond acceptors (Lipinski definition) is 5. The molecule has 0 spiro atoms. The first-order chi connectivity index (χ1) is 14.7. The Balaban J connectivity index is 1.63. The zero-order valence-corrected chi connectivity index (χ0v) is 17.5. The number of urea groups is 1. The fraction of sp³-hybridized carbons (Fsp3) is 0.524. The van der Waals surface area contributed by atoms with Gasteiger partial charge in [0.25, 0.3) is 0 Å². The Morgan fingerprint density at radius 3 is 2.74 bits per heavy atom. The number of hydrogen-bond donors (Lipinski definition) is 1. The Morgan fingerprint density at radius 1 is 1.32 bits per heavy atom. The van der Waals surface area contributed by atoms with E-state index < -0.39 is 17.3 Å². The molecule has 1 saturated carbocycles. The fourth-order valence-electron chi connectivity index (χ4n) is 5.09. The molecule has 2 fully saturated rings. The van der Waals surface area contributed by atoms with Crippen LogP contribution in [0.25, 0.3) is 11.4 Å². The van der Waals surface area contributed by atoms with Gasteiger partial charge in [-0.2, -0.15) is 18.3 Å². The number of nitrogens with one attached hydrogen (secondary N) is 1. The molecule has 2 bridgehead atoms. The number of ether oxygens (including phenoxy) is 1. The van der Waals surface area contributed by atoms with E-state index >= 15 is 0 Å². The van der Waals surface area contributed by atoms with E-state index in [1.807, 2.05) is 6.92 Å². The number of fused-ring (bicyclic) bond motifs is 2. The van der Waals surface area contributed by atoms with E-state index in [4.69, 9.17) is 4.74 Å². The minimum absolute atomic E-state index is 0.0944. The minimum Gasteiger partial charge on any atom is -0.379 e. The van der Waals surface area contributed by atoms with Crippen LogP contribution in [0.2, 0.25) is 0 Å². The van der Waals surface area contributed by atoms with Gasteiger partial charge in [0, 0.05) is 30.6 Å². The van der Waals surface area contributed by atoms with Gasteiger partial charge in [0.05, 0.1) is 23.4 Å². The first kappa shape index (κ1) is 21.5. The Labute approximate surface area is 178 Å². The van der Waals surface area contributed by atoms with E-state index in [1.165, 1.54) is 24.5 Å². The molecule has 2 aromatic rings. The second-order valence-corrected chi connectivity index (χ2v) is 8.41. The molecule has 7 nitrogen and oxygen atoms in total. The normalized spacial score (nSPS) is 26.2. The van der Waals surface area contributed by atoms with Crippen molar-refractivity contribution in [1.29, 1.82) is 0 Å². The van der Waals surface area contributed by atoms with Crippen molar-refractivity contribution in [2.24, 2.45) is 5.92 Å². The number of piperidine rings is 1. The predicted molar refractivity (Wildman–Crippen MR) is 107 cm³/mol. The Hall–Kier alpha value is -2.75. The van der Waals surface area contributed by atoms with E-state index in [1.54, 1.807) is 12.0 Å². The largest absolute Gasteiger partial charge is 0.417 e. The van der Waals surface area contributed by atoms with Crippen LogP contribution in [-0.4, -0.2) is 50.9 Å². The number of anilines is 1. The Kier molecular flexibility index (Phi) is 5.36. The molecule has 2 heterocycles. The summed E-state index contributed by atoms with van der Waals surface area (Å²) < 4.78 is 46.1. The van der Waals surface area contributed by atoms with Crippen molar-refractivity contribution in [1.82, 2.24) is 20.1 Å². The highest BCUT2D eigenvalue weighted by Gasteiger charge is 2.61. The number of benzene rings is 1. The van der Waals surface area contributed by atoms with Crippen molar-refractivity contribution in [2.45, 2.75) is 57.0 Å². The molecule has 166 valence electrons. The number of likely N-dealkylation sites (tertiary alicyclic amines) is 1. The first-order valence-corrected chi connectivity index (χ1v) is 10.1. The highest BCUT2D eigenvalue weighted by atomic mass is 19.4. The molecule has 4 rings (SSSR count). The van der Waals surface area contributed by atoms with Crippen molar-refractivity contribution in [2.75, 3.05) is 12.4 Å². The van der Waals surface area contributed by atoms with Crippen LogP contribution in [0.15, 0.2) is 30.6 Å². The molecule has 1 N–H and O–H groups in total. The maximum Gasteiger partial charge on any atom is 0.417 e. The molecule has 1 aromatic carbocycles. The molecule has 1 aromatic heterocycles. The zero-order valence-electron chi connectivity index (χ0n) is 17.5. The molecule has 4 atom stereocenters. The second kappa shape index (κ2) is 7.74. The van der Waals surface area contributed by atoms with Crippen LogP contribution in [0.4, 0.5) is 23.7 Å². The number of methoxy groups -OCH3 is 1. The monoisotopic (exact) mass is 435 g/mol. The van der Waals surface area contributed by atoms with Gasteiger partial charge in [0.2, 0.25) is 0 Å².